The zero-order valence-electron chi connectivity index (χ0n) is 15.4. The van der Waals surface area contributed by atoms with Crippen LogP contribution in [0.2, 0.25) is 0 Å². The van der Waals surface area contributed by atoms with Gasteiger partial charge in [-0.25, -0.2) is 0 Å². The van der Waals surface area contributed by atoms with Gasteiger partial charge in [0.1, 0.15) is 5.75 Å². The number of amides is 2. The maximum atomic E-state index is 12.7. The van der Waals surface area contributed by atoms with Crippen LogP contribution in [-0.4, -0.2) is 66.1 Å². The van der Waals surface area contributed by atoms with Crippen molar-refractivity contribution in [2.75, 3.05) is 39.4 Å². The summed E-state index contributed by atoms with van der Waals surface area (Å²) in [6, 6.07) is 7.68. The van der Waals surface area contributed by atoms with Crippen LogP contribution in [0.4, 0.5) is 0 Å². The fourth-order valence-corrected chi connectivity index (χ4v) is 4.13. The maximum Gasteiger partial charge on any atom is 0.260 e. The molecule has 1 spiro atoms. The average molecular weight is 360 g/mol. The molecule has 0 aliphatic carbocycles. The second-order valence-electron chi connectivity index (χ2n) is 7.51. The Morgan fingerprint density at radius 1 is 1.27 bits per heavy atom. The van der Waals surface area contributed by atoms with E-state index in [0.717, 1.165) is 37.1 Å². The minimum absolute atomic E-state index is 0.00191. The monoisotopic (exact) mass is 360 g/mol. The number of likely N-dealkylation sites (tertiary alicyclic amines) is 2. The van der Waals surface area contributed by atoms with E-state index in [2.05, 4.69) is 0 Å². The van der Waals surface area contributed by atoms with Gasteiger partial charge in [0.25, 0.3) is 5.91 Å². The Labute approximate surface area is 154 Å². The second kappa shape index (κ2) is 8.08. The summed E-state index contributed by atoms with van der Waals surface area (Å²) in [6.45, 7) is 4.41. The minimum Gasteiger partial charge on any atom is -0.484 e. The lowest BCUT2D eigenvalue weighted by molar-refractivity contribution is -0.144. The number of piperidine rings is 2. The number of carbonyl (C=O) groups is 2. The van der Waals surface area contributed by atoms with Crippen LogP contribution in [-0.2, 0) is 9.59 Å². The lowest BCUT2D eigenvalue weighted by atomic mass is 9.73. The Morgan fingerprint density at radius 2 is 2.08 bits per heavy atom. The molecule has 0 saturated carbocycles. The number of rotatable bonds is 5. The number of nitrogens with zero attached hydrogens (tertiary/aromatic N) is 2. The number of hydrogen-bond donors (Lipinski definition) is 1. The first-order valence-corrected chi connectivity index (χ1v) is 9.38. The second-order valence-corrected chi connectivity index (χ2v) is 7.51. The number of benzene rings is 1. The third-order valence-electron chi connectivity index (χ3n) is 5.58. The Balaban J connectivity index is 1.60. The molecule has 1 atom stereocenters. The molecule has 6 heteroatoms. The zero-order chi connectivity index (χ0) is 18.6. The Morgan fingerprint density at radius 3 is 2.85 bits per heavy atom. The lowest BCUT2D eigenvalue weighted by Crippen LogP contribution is -2.56. The molecule has 1 N–H and O–H groups in total. The van der Waals surface area contributed by atoms with Crippen LogP contribution in [0.5, 0.6) is 5.75 Å². The van der Waals surface area contributed by atoms with Crippen LogP contribution in [0.15, 0.2) is 24.3 Å². The highest BCUT2D eigenvalue weighted by atomic mass is 16.5. The SMILES string of the molecule is Cc1ccccc1OCC(=O)N1CCCC2(CCC(=O)N(CCO)C2)C1. The van der Waals surface area contributed by atoms with Crippen molar-refractivity contribution in [3.63, 3.8) is 0 Å². The van der Waals surface area contributed by atoms with Crippen molar-refractivity contribution in [3.05, 3.63) is 29.8 Å². The molecule has 1 unspecified atom stereocenters. The van der Waals surface area contributed by atoms with Crippen molar-refractivity contribution in [3.8, 4) is 5.75 Å². The third-order valence-corrected chi connectivity index (χ3v) is 5.58. The molecule has 2 heterocycles. The topological polar surface area (TPSA) is 70.1 Å². The average Bonchev–Trinajstić information content (AvgIpc) is 2.64. The van der Waals surface area contributed by atoms with E-state index >= 15 is 0 Å². The van der Waals surface area contributed by atoms with Crippen molar-refractivity contribution in [2.45, 2.75) is 32.6 Å². The quantitative estimate of drug-likeness (QED) is 0.866. The predicted molar refractivity (Wildman–Crippen MR) is 97.8 cm³/mol. The number of ether oxygens (including phenoxy) is 1. The Bertz CT molecular complexity index is 663. The fraction of sp³-hybridized carbons (Fsp3) is 0.600. The van der Waals surface area contributed by atoms with E-state index in [-0.39, 0.29) is 30.4 Å². The molecule has 142 valence electrons. The molecule has 1 aromatic rings. The van der Waals surface area contributed by atoms with Gasteiger partial charge < -0.3 is 19.6 Å². The van der Waals surface area contributed by atoms with Gasteiger partial charge in [-0.3, -0.25) is 9.59 Å². The molecule has 2 amide bonds. The van der Waals surface area contributed by atoms with Crippen molar-refractivity contribution in [1.82, 2.24) is 9.80 Å². The summed E-state index contributed by atoms with van der Waals surface area (Å²) in [5.74, 6) is 0.846. The molecular weight excluding hydrogens is 332 g/mol. The van der Waals surface area contributed by atoms with Gasteiger partial charge in [0.2, 0.25) is 5.91 Å². The van der Waals surface area contributed by atoms with Gasteiger partial charge in [-0.05, 0) is 37.8 Å². The molecule has 1 aromatic carbocycles. The van der Waals surface area contributed by atoms with E-state index in [9.17, 15) is 14.7 Å². The van der Waals surface area contributed by atoms with Crippen molar-refractivity contribution < 1.29 is 19.4 Å². The predicted octanol–water partition coefficient (Wildman–Crippen LogP) is 1.60. The molecule has 2 aliphatic rings. The van der Waals surface area contributed by atoms with Crippen LogP contribution in [0.25, 0.3) is 0 Å². The van der Waals surface area contributed by atoms with Crippen LogP contribution >= 0.6 is 0 Å². The molecule has 2 saturated heterocycles. The summed E-state index contributed by atoms with van der Waals surface area (Å²) in [6.07, 6.45) is 3.28. The van der Waals surface area contributed by atoms with Gasteiger partial charge in [0, 0.05) is 38.0 Å². The van der Waals surface area contributed by atoms with Gasteiger partial charge in [0.15, 0.2) is 6.61 Å². The van der Waals surface area contributed by atoms with Crippen LogP contribution < -0.4 is 4.74 Å². The third kappa shape index (κ3) is 4.18. The van der Waals surface area contributed by atoms with Crippen LogP contribution in [0.3, 0.4) is 0 Å². The highest BCUT2D eigenvalue weighted by Gasteiger charge is 2.42. The van der Waals surface area contributed by atoms with Crippen molar-refractivity contribution in [2.24, 2.45) is 5.41 Å². The van der Waals surface area contributed by atoms with Crippen molar-refractivity contribution in [1.29, 1.82) is 0 Å². The van der Waals surface area contributed by atoms with E-state index in [1.54, 1.807) is 4.90 Å². The number of carbonyl (C=O) groups excluding carboxylic acids is 2. The summed E-state index contributed by atoms with van der Waals surface area (Å²) in [5.41, 5.74) is 0.973. The van der Waals surface area contributed by atoms with Crippen LogP contribution in [0.1, 0.15) is 31.2 Å². The van der Waals surface area contributed by atoms with Gasteiger partial charge in [0.05, 0.1) is 6.61 Å². The van der Waals surface area contributed by atoms with Crippen LogP contribution in [0, 0.1) is 12.3 Å². The number of aliphatic hydroxyl groups is 1. The van der Waals surface area contributed by atoms with E-state index < -0.39 is 0 Å². The first-order chi connectivity index (χ1) is 12.5. The summed E-state index contributed by atoms with van der Waals surface area (Å²) in [5, 5.41) is 9.19. The van der Waals surface area contributed by atoms with E-state index in [0.29, 0.717) is 26.1 Å². The first-order valence-electron chi connectivity index (χ1n) is 9.38. The molecule has 2 fully saturated rings. The highest BCUT2D eigenvalue weighted by Crippen LogP contribution is 2.38. The minimum atomic E-state index is -0.0420. The molecule has 0 aromatic heterocycles. The van der Waals surface area contributed by atoms with Gasteiger partial charge in [-0.2, -0.15) is 0 Å². The highest BCUT2D eigenvalue weighted by molar-refractivity contribution is 5.79. The molecule has 0 bridgehead atoms. The van der Waals surface area contributed by atoms with Gasteiger partial charge >= 0.3 is 0 Å². The lowest BCUT2D eigenvalue weighted by Gasteiger charge is -2.48. The Hall–Kier alpha value is -2.08. The molecule has 0 radical (unpaired) electrons. The van der Waals surface area contributed by atoms with Gasteiger partial charge in [-0.1, -0.05) is 18.2 Å². The smallest absolute Gasteiger partial charge is 0.260 e. The number of hydrogen-bond acceptors (Lipinski definition) is 4. The number of aliphatic hydroxyl groups excluding tert-OH is 1. The zero-order valence-corrected chi connectivity index (χ0v) is 15.4. The fourth-order valence-electron chi connectivity index (χ4n) is 4.13. The van der Waals surface area contributed by atoms with E-state index in [4.69, 9.17) is 4.74 Å². The number of para-hydroxylation sites is 1. The molecular formula is C20H28N2O4. The summed E-state index contributed by atoms with van der Waals surface area (Å²) in [4.78, 5) is 28.3. The summed E-state index contributed by atoms with van der Waals surface area (Å²) >= 11 is 0. The first kappa shape index (κ1) is 18.7. The van der Waals surface area contributed by atoms with Crippen molar-refractivity contribution >= 4 is 11.8 Å². The van der Waals surface area contributed by atoms with Gasteiger partial charge in [-0.15, -0.1) is 0 Å². The molecule has 26 heavy (non-hydrogen) atoms. The molecule has 2 aliphatic heterocycles. The Kier molecular flexibility index (Phi) is 5.81. The molecule has 3 rings (SSSR count). The number of β-amino-alcohol motifs (C(OH)–C–C–N with tert-alkyl or cyclic N) is 1. The maximum absolute atomic E-state index is 12.7. The summed E-state index contributed by atoms with van der Waals surface area (Å²) in [7, 11) is 0. The molecule has 6 nitrogen and oxygen atoms in total. The number of aryl methyl sites for hydroxylation is 1. The summed E-state index contributed by atoms with van der Waals surface area (Å²) < 4.78 is 5.72. The largest absolute Gasteiger partial charge is 0.484 e. The van der Waals surface area contributed by atoms with E-state index in [1.807, 2.05) is 36.1 Å². The van der Waals surface area contributed by atoms with E-state index in [1.165, 1.54) is 0 Å². The normalized spacial score (nSPS) is 23.4. The standard InChI is InChI=1S/C20H28N2O4/c1-16-5-2-3-6-17(16)26-13-19(25)21-10-4-8-20(14-21)9-7-18(24)22(15-20)11-12-23/h2-3,5-6,23H,4,7-15H2,1H3.